The molecule has 1 amide bonds. The lowest BCUT2D eigenvalue weighted by Gasteiger charge is -2.34. The lowest BCUT2D eigenvalue weighted by atomic mass is 10.0. The van der Waals surface area contributed by atoms with Crippen molar-refractivity contribution in [2.45, 2.75) is 6.04 Å². The van der Waals surface area contributed by atoms with E-state index >= 15 is 0 Å². The van der Waals surface area contributed by atoms with Gasteiger partial charge in [0.1, 0.15) is 17.3 Å². The zero-order valence-electron chi connectivity index (χ0n) is 17.7. The Balaban J connectivity index is 1.44. The van der Waals surface area contributed by atoms with Crippen LogP contribution in [0.15, 0.2) is 66.9 Å². The maximum Gasteiger partial charge on any atom is 0.257 e. The van der Waals surface area contributed by atoms with Gasteiger partial charge in [-0.1, -0.05) is 30.3 Å². The highest BCUT2D eigenvalue weighted by atomic mass is 16.5. The first-order valence-electron chi connectivity index (χ1n) is 10.2. The van der Waals surface area contributed by atoms with Gasteiger partial charge in [0.2, 0.25) is 0 Å². The molecule has 3 aromatic rings. The Morgan fingerprint density at radius 3 is 2.65 bits per heavy atom. The number of rotatable bonds is 6. The highest BCUT2D eigenvalue weighted by Crippen LogP contribution is 2.29. The summed E-state index contributed by atoms with van der Waals surface area (Å²) in [4.78, 5) is 19.5. The van der Waals surface area contributed by atoms with Crippen molar-refractivity contribution in [1.29, 1.82) is 0 Å². The first-order chi connectivity index (χ1) is 15.2. The molecule has 31 heavy (non-hydrogen) atoms. The Bertz CT molecular complexity index is 1020. The number of nitrogens with one attached hydrogen (secondary N) is 2. The second-order valence-corrected chi connectivity index (χ2v) is 7.29. The number of amides is 1. The Labute approximate surface area is 182 Å². The van der Waals surface area contributed by atoms with E-state index in [-0.39, 0.29) is 11.9 Å². The second-order valence-electron chi connectivity index (χ2n) is 7.29. The molecular weight excluding hydrogens is 392 g/mol. The van der Waals surface area contributed by atoms with Gasteiger partial charge in [-0.2, -0.15) is 0 Å². The summed E-state index contributed by atoms with van der Waals surface area (Å²) in [5.41, 5.74) is 2.32. The quantitative estimate of drug-likeness (QED) is 0.638. The van der Waals surface area contributed by atoms with E-state index in [2.05, 4.69) is 44.8 Å². The number of ether oxygens (including phenoxy) is 2. The molecule has 1 atom stereocenters. The van der Waals surface area contributed by atoms with E-state index in [9.17, 15) is 4.79 Å². The molecule has 7 heteroatoms. The van der Waals surface area contributed by atoms with Crippen LogP contribution in [0.5, 0.6) is 11.5 Å². The first-order valence-corrected chi connectivity index (χ1v) is 10.2. The molecule has 0 spiro atoms. The van der Waals surface area contributed by atoms with Gasteiger partial charge in [-0.15, -0.1) is 0 Å². The van der Waals surface area contributed by atoms with Gasteiger partial charge in [0.15, 0.2) is 0 Å². The van der Waals surface area contributed by atoms with Crippen LogP contribution in [-0.4, -0.2) is 44.7 Å². The predicted octanol–water partition coefficient (Wildman–Crippen LogP) is 3.50. The monoisotopic (exact) mass is 418 g/mol. The number of carbonyl (C=O) groups is 1. The van der Waals surface area contributed by atoms with E-state index in [1.807, 2.05) is 12.1 Å². The number of hydrogen-bond acceptors (Lipinski definition) is 6. The maximum absolute atomic E-state index is 12.7. The van der Waals surface area contributed by atoms with Gasteiger partial charge in [0.25, 0.3) is 5.91 Å². The molecule has 7 nitrogen and oxygen atoms in total. The molecule has 2 aromatic carbocycles. The van der Waals surface area contributed by atoms with Crippen LogP contribution in [0.4, 0.5) is 11.5 Å². The lowest BCUT2D eigenvalue weighted by molar-refractivity contribution is 0.102. The minimum atomic E-state index is -0.245. The highest BCUT2D eigenvalue weighted by molar-refractivity contribution is 6.05. The number of carbonyl (C=O) groups excluding carboxylic acids is 1. The summed E-state index contributed by atoms with van der Waals surface area (Å²) in [6.45, 7) is 2.57. The topological polar surface area (TPSA) is 75.7 Å². The predicted molar refractivity (Wildman–Crippen MR) is 121 cm³/mol. The summed E-state index contributed by atoms with van der Waals surface area (Å²) in [5.74, 6) is 1.81. The number of methoxy groups -OCH3 is 2. The van der Waals surface area contributed by atoms with E-state index in [0.29, 0.717) is 22.7 Å². The Kier molecular flexibility index (Phi) is 6.33. The molecule has 2 heterocycles. The van der Waals surface area contributed by atoms with Crippen LogP contribution in [-0.2, 0) is 0 Å². The number of anilines is 2. The molecule has 1 aliphatic heterocycles. The van der Waals surface area contributed by atoms with Gasteiger partial charge in [-0.05, 0) is 29.8 Å². The van der Waals surface area contributed by atoms with E-state index in [1.165, 1.54) is 5.56 Å². The molecule has 0 unspecified atom stereocenters. The summed E-state index contributed by atoms with van der Waals surface area (Å²) >= 11 is 0. The third-order valence-electron chi connectivity index (χ3n) is 5.37. The molecule has 4 rings (SSSR count). The fraction of sp³-hybridized carbons (Fsp3) is 0.250. The summed E-state index contributed by atoms with van der Waals surface area (Å²) in [6, 6.07) is 19.6. The molecule has 0 aliphatic carbocycles. The van der Waals surface area contributed by atoms with Crippen LogP contribution in [0.3, 0.4) is 0 Å². The molecule has 0 bridgehead atoms. The fourth-order valence-electron chi connectivity index (χ4n) is 3.67. The van der Waals surface area contributed by atoms with Gasteiger partial charge in [0.05, 0.1) is 25.5 Å². The van der Waals surface area contributed by atoms with Crippen LogP contribution < -0.4 is 25.0 Å². The van der Waals surface area contributed by atoms with Gasteiger partial charge in [-0.3, -0.25) is 4.79 Å². The van der Waals surface area contributed by atoms with Gasteiger partial charge >= 0.3 is 0 Å². The summed E-state index contributed by atoms with van der Waals surface area (Å²) < 4.78 is 10.5. The molecular formula is C24H26N4O3. The number of benzene rings is 2. The molecule has 1 fully saturated rings. The van der Waals surface area contributed by atoms with Crippen LogP contribution >= 0.6 is 0 Å². The highest BCUT2D eigenvalue weighted by Gasteiger charge is 2.22. The molecule has 1 saturated heterocycles. The molecule has 1 aliphatic rings. The van der Waals surface area contributed by atoms with Crippen molar-refractivity contribution < 1.29 is 14.3 Å². The third kappa shape index (κ3) is 4.78. The lowest BCUT2D eigenvalue weighted by Crippen LogP contribution is -2.46. The molecule has 1 aromatic heterocycles. The summed E-state index contributed by atoms with van der Waals surface area (Å²) in [5, 5.41) is 6.43. The minimum absolute atomic E-state index is 0.245. The van der Waals surface area contributed by atoms with Crippen LogP contribution in [0.25, 0.3) is 0 Å². The van der Waals surface area contributed by atoms with Crippen LogP contribution in [0.1, 0.15) is 22.0 Å². The van der Waals surface area contributed by atoms with Crippen molar-refractivity contribution in [3.8, 4) is 11.5 Å². The van der Waals surface area contributed by atoms with Crippen molar-refractivity contribution >= 4 is 17.4 Å². The van der Waals surface area contributed by atoms with Crippen molar-refractivity contribution in [3.63, 3.8) is 0 Å². The van der Waals surface area contributed by atoms with E-state index in [4.69, 9.17) is 9.47 Å². The Morgan fingerprint density at radius 2 is 1.94 bits per heavy atom. The van der Waals surface area contributed by atoms with E-state index in [0.717, 1.165) is 25.5 Å². The summed E-state index contributed by atoms with van der Waals surface area (Å²) in [6.07, 6.45) is 1.61. The van der Waals surface area contributed by atoms with Crippen molar-refractivity contribution in [2.75, 3.05) is 44.1 Å². The zero-order chi connectivity index (χ0) is 21.6. The standard InChI is InChI=1S/C24H26N4O3/c1-30-19-9-10-20(22(14-19)31-2)27-24(29)18-8-11-23(26-15-18)28-13-12-25-21(16-28)17-6-4-3-5-7-17/h3-11,14-15,21,25H,12-13,16H2,1-2H3,(H,27,29)/t21-/m1/s1. The van der Waals surface area contributed by atoms with Gasteiger partial charge in [0, 0.05) is 37.9 Å². The Hall–Kier alpha value is -3.58. The maximum atomic E-state index is 12.7. The average molecular weight is 418 g/mol. The first kappa shape index (κ1) is 20.7. The molecule has 0 radical (unpaired) electrons. The number of piperazine rings is 1. The molecule has 2 N–H and O–H groups in total. The third-order valence-corrected chi connectivity index (χ3v) is 5.37. The van der Waals surface area contributed by atoms with Crippen molar-refractivity contribution in [3.05, 3.63) is 78.0 Å². The van der Waals surface area contributed by atoms with Crippen molar-refractivity contribution in [1.82, 2.24) is 10.3 Å². The number of nitrogens with zero attached hydrogens (tertiary/aromatic N) is 2. The molecule has 160 valence electrons. The number of pyridine rings is 1. The van der Waals surface area contributed by atoms with Crippen LogP contribution in [0, 0.1) is 0 Å². The normalized spacial score (nSPS) is 15.9. The zero-order valence-corrected chi connectivity index (χ0v) is 17.7. The minimum Gasteiger partial charge on any atom is -0.497 e. The van der Waals surface area contributed by atoms with E-state index in [1.54, 1.807) is 44.7 Å². The SMILES string of the molecule is COc1ccc(NC(=O)c2ccc(N3CCN[C@@H](c4ccccc4)C3)nc2)c(OC)c1. The second kappa shape index (κ2) is 9.49. The average Bonchev–Trinajstić information content (AvgIpc) is 2.85. The Morgan fingerprint density at radius 1 is 1.10 bits per heavy atom. The van der Waals surface area contributed by atoms with Gasteiger partial charge < -0.3 is 25.0 Å². The van der Waals surface area contributed by atoms with Crippen LogP contribution in [0.2, 0.25) is 0 Å². The van der Waals surface area contributed by atoms with E-state index < -0.39 is 0 Å². The summed E-state index contributed by atoms with van der Waals surface area (Å²) in [7, 11) is 3.14. The fourth-order valence-corrected chi connectivity index (χ4v) is 3.67. The molecule has 0 saturated carbocycles. The van der Waals surface area contributed by atoms with Crippen molar-refractivity contribution in [2.24, 2.45) is 0 Å². The number of hydrogen-bond donors (Lipinski definition) is 2. The number of aromatic nitrogens is 1. The smallest absolute Gasteiger partial charge is 0.257 e. The van der Waals surface area contributed by atoms with Gasteiger partial charge in [-0.25, -0.2) is 4.98 Å². The largest absolute Gasteiger partial charge is 0.497 e.